The molecule has 4 heteroatoms. The molecule has 0 aliphatic heterocycles. The highest BCUT2D eigenvalue weighted by Crippen LogP contribution is 2.35. The Kier molecular flexibility index (Phi) is 20.0. The first-order valence-corrected chi connectivity index (χ1v) is 17.7. The van der Waals surface area contributed by atoms with Crippen LogP contribution in [-0.2, 0) is 21.9 Å². The van der Waals surface area contributed by atoms with E-state index in [-0.39, 0.29) is 0 Å². The van der Waals surface area contributed by atoms with E-state index in [0.717, 1.165) is 19.3 Å². The van der Waals surface area contributed by atoms with E-state index < -0.39 is 8.25 Å². The highest BCUT2D eigenvalue weighted by atomic mass is 31.1. The van der Waals surface area contributed by atoms with Crippen molar-refractivity contribution in [2.24, 2.45) is 0 Å². The molecule has 2 rings (SSSR count). The summed E-state index contributed by atoms with van der Waals surface area (Å²) in [5.41, 5.74) is 6.19. The van der Waals surface area contributed by atoms with E-state index in [0.29, 0.717) is 12.5 Å². The average Bonchev–Trinajstić information content (AvgIpc) is 2.96. The van der Waals surface area contributed by atoms with Gasteiger partial charge >= 0.3 is 8.25 Å². The predicted octanol–water partition coefficient (Wildman–Crippen LogP) is 11.6. The minimum absolute atomic E-state index is 0.381. The van der Waals surface area contributed by atoms with E-state index >= 15 is 0 Å². The monoisotopic (exact) mass is 569 g/mol. The molecule has 0 aliphatic carbocycles. The van der Waals surface area contributed by atoms with Gasteiger partial charge in [-0.1, -0.05) is 152 Å². The van der Waals surface area contributed by atoms with Crippen LogP contribution < -0.4 is 0 Å². The Morgan fingerprint density at radius 3 is 1.52 bits per heavy atom. The van der Waals surface area contributed by atoms with E-state index in [1.807, 2.05) is 0 Å². The fourth-order valence-corrected chi connectivity index (χ4v) is 6.28. The molecule has 2 aromatic rings. The molecular formula is C36H58O3P+. The van der Waals surface area contributed by atoms with Crippen LogP contribution in [0.1, 0.15) is 158 Å². The molecular weight excluding hydrogens is 511 g/mol. The van der Waals surface area contributed by atoms with Crippen LogP contribution in [0.2, 0.25) is 0 Å². The van der Waals surface area contributed by atoms with Crippen molar-refractivity contribution in [1.82, 2.24) is 0 Å². The van der Waals surface area contributed by atoms with Crippen LogP contribution in [0.15, 0.2) is 48.5 Å². The van der Waals surface area contributed by atoms with E-state index in [9.17, 15) is 4.57 Å². The molecule has 2 aromatic carbocycles. The SMILES string of the molecule is CCCCCCCCc1ccccc1C(CCCCCCCO[P+](=O)O)c1ccccc1CCCCCCCC. The molecule has 0 heterocycles. The number of hydrogen-bond donors (Lipinski definition) is 1. The van der Waals surface area contributed by atoms with Gasteiger partial charge in [-0.15, -0.1) is 9.42 Å². The standard InChI is InChI=1S/C36H57O3P/c1-3-5-7-9-12-16-24-32-26-19-21-28-34(32)36(30-18-14-11-15-23-31-39-40(37)38)35-29-22-20-27-33(35)25-17-13-10-8-6-4-2/h19-22,26-29,36H,3-18,23-25,30-31H2,1-2H3/p+1. The molecule has 3 nitrogen and oxygen atoms in total. The van der Waals surface area contributed by atoms with Gasteiger partial charge in [0.15, 0.2) is 0 Å². The summed E-state index contributed by atoms with van der Waals surface area (Å²) >= 11 is 0. The van der Waals surface area contributed by atoms with E-state index in [4.69, 9.17) is 9.42 Å². The quantitative estimate of drug-likeness (QED) is 0.0955. The van der Waals surface area contributed by atoms with Crippen LogP contribution in [0.25, 0.3) is 0 Å². The zero-order valence-corrected chi connectivity index (χ0v) is 26.7. The number of hydrogen-bond acceptors (Lipinski definition) is 2. The van der Waals surface area contributed by atoms with Crippen molar-refractivity contribution in [3.63, 3.8) is 0 Å². The summed E-state index contributed by atoms with van der Waals surface area (Å²) in [4.78, 5) is 8.81. The second-order valence-electron chi connectivity index (χ2n) is 11.6. The lowest BCUT2D eigenvalue weighted by atomic mass is 9.80. The molecule has 0 saturated heterocycles. The van der Waals surface area contributed by atoms with Gasteiger partial charge in [-0.05, 0) is 60.8 Å². The van der Waals surface area contributed by atoms with Gasteiger partial charge in [0.2, 0.25) is 0 Å². The second-order valence-corrected chi connectivity index (χ2v) is 12.3. The first-order chi connectivity index (χ1) is 19.7. The Labute approximate surface area is 247 Å². The van der Waals surface area contributed by atoms with Crippen LogP contribution in [0.3, 0.4) is 0 Å². The number of aryl methyl sites for hydroxylation is 2. The topological polar surface area (TPSA) is 46.5 Å². The lowest BCUT2D eigenvalue weighted by Gasteiger charge is -2.24. The van der Waals surface area contributed by atoms with Crippen molar-refractivity contribution in [1.29, 1.82) is 0 Å². The van der Waals surface area contributed by atoms with E-state index in [1.54, 1.807) is 22.3 Å². The second kappa shape index (κ2) is 23.1. The van der Waals surface area contributed by atoms with Gasteiger partial charge in [-0.25, -0.2) is 0 Å². The molecule has 0 fully saturated rings. The number of rotatable bonds is 25. The van der Waals surface area contributed by atoms with Crippen LogP contribution in [0.4, 0.5) is 0 Å². The fourth-order valence-electron chi connectivity index (χ4n) is 6.00. The molecule has 224 valence electrons. The normalized spacial score (nSPS) is 11.8. The molecule has 40 heavy (non-hydrogen) atoms. The Morgan fingerprint density at radius 2 is 1.02 bits per heavy atom. The van der Waals surface area contributed by atoms with E-state index in [2.05, 4.69) is 62.4 Å². The highest BCUT2D eigenvalue weighted by Gasteiger charge is 2.20. The minimum Gasteiger partial charge on any atom is -0.133 e. The number of unbranched alkanes of at least 4 members (excludes halogenated alkanes) is 14. The van der Waals surface area contributed by atoms with Gasteiger partial charge in [-0.3, -0.25) is 0 Å². The van der Waals surface area contributed by atoms with E-state index in [1.165, 1.54) is 109 Å². The van der Waals surface area contributed by atoms with Crippen LogP contribution in [0.5, 0.6) is 0 Å². The summed E-state index contributed by atoms with van der Waals surface area (Å²) in [6.45, 7) is 4.96. The maximum absolute atomic E-state index is 10.7. The summed E-state index contributed by atoms with van der Waals surface area (Å²) in [5.74, 6) is 0.453. The Hall–Kier alpha value is -1.54. The van der Waals surface area contributed by atoms with Crippen molar-refractivity contribution < 1.29 is 14.0 Å². The first kappa shape index (κ1) is 34.7. The fraction of sp³-hybridized carbons (Fsp3) is 0.667. The summed E-state index contributed by atoms with van der Waals surface area (Å²) in [7, 11) is -2.46. The molecule has 0 saturated carbocycles. The molecule has 0 radical (unpaired) electrons. The Bertz CT molecular complexity index is 853. The van der Waals surface area contributed by atoms with Crippen LogP contribution in [-0.4, -0.2) is 11.5 Å². The summed E-state index contributed by atoms with van der Waals surface area (Å²) in [5, 5.41) is 0. The van der Waals surface area contributed by atoms with Gasteiger partial charge < -0.3 is 0 Å². The third kappa shape index (κ3) is 14.9. The van der Waals surface area contributed by atoms with Gasteiger partial charge in [0.25, 0.3) is 0 Å². The van der Waals surface area contributed by atoms with Crippen molar-refractivity contribution in [3.05, 3.63) is 70.8 Å². The zero-order chi connectivity index (χ0) is 28.7. The minimum atomic E-state index is -2.46. The van der Waals surface area contributed by atoms with Crippen LogP contribution >= 0.6 is 8.25 Å². The van der Waals surface area contributed by atoms with Crippen molar-refractivity contribution >= 4 is 8.25 Å². The predicted molar refractivity (Wildman–Crippen MR) is 172 cm³/mol. The highest BCUT2D eigenvalue weighted by molar-refractivity contribution is 7.32. The largest absolute Gasteiger partial charge is 0.694 e. The van der Waals surface area contributed by atoms with Gasteiger partial charge in [-0.2, -0.15) is 0 Å². The smallest absolute Gasteiger partial charge is 0.133 e. The summed E-state index contributed by atoms with van der Waals surface area (Å²) < 4.78 is 15.5. The molecule has 0 spiro atoms. The van der Waals surface area contributed by atoms with Crippen LogP contribution in [0, 0.1) is 0 Å². The molecule has 0 amide bonds. The summed E-state index contributed by atoms with van der Waals surface area (Å²) in [6, 6.07) is 18.5. The summed E-state index contributed by atoms with van der Waals surface area (Å²) in [6.07, 6.45) is 25.1. The number of benzene rings is 2. The van der Waals surface area contributed by atoms with Gasteiger partial charge in [0.05, 0.1) is 0 Å². The lowest BCUT2D eigenvalue weighted by molar-refractivity contribution is 0.273. The molecule has 0 bridgehead atoms. The molecule has 1 atom stereocenters. The molecule has 0 aliphatic rings. The zero-order valence-electron chi connectivity index (χ0n) is 25.8. The Balaban J connectivity index is 2.08. The van der Waals surface area contributed by atoms with Gasteiger partial charge in [0.1, 0.15) is 6.61 Å². The molecule has 0 aromatic heterocycles. The Morgan fingerprint density at radius 1 is 0.600 bits per heavy atom. The third-order valence-corrected chi connectivity index (χ3v) is 8.70. The lowest BCUT2D eigenvalue weighted by Crippen LogP contribution is -2.08. The maximum Gasteiger partial charge on any atom is 0.694 e. The molecule has 1 N–H and O–H groups in total. The first-order valence-electron chi connectivity index (χ1n) is 16.6. The maximum atomic E-state index is 10.7. The van der Waals surface area contributed by atoms with Crippen molar-refractivity contribution in [2.45, 2.75) is 148 Å². The molecule has 1 unspecified atom stereocenters. The van der Waals surface area contributed by atoms with Crippen molar-refractivity contribution in [3.8, 4) is 0 Å². The van der Waals surface area contributed by atoms with Gasteiger partial charge in [0, 0.05) is 10.5 Å². The van der Waals surface area contributed by atoms with Crippen molar-refractivity contribution in [2.75, 3.05) is 6.61 Å². The third-order valence-electron chi connectivity index (χ3n) is 8.30. The average molecular weight is 570 g/mol.